The Hall–Kier alpha value is -2.19. The Bertz CT molecular complexity index is 449. The van der Waals surface area contributed by atoms with Crippen LogP contribution in [0.2, 0.25) is 0 Å². The molecule has 0 saturated heterocycles. The molecule has 0 rings (SSSR count). The molecule has 0 saturated carbocycles. The Balaban J connectivity index is 4.84. The van der Waals surface area contributed by atoms with Crippen molar-refractivity contribution >= 4 is 44.8 Å². The maximum atomic E-state index is 11.7. The third-order valence-electron chi connectivity index (χ3n) is 1.89. The number of carbonyl (C=O) groups is 4. The number of hydrogen-bond donors (Lipinski definition) is 2. The minimum absolute atomic E-state index is 0.0349. The summed E-state index contributed by atoms with van der Waals surface area (Å²) in [5.41, 5.74) is 0. The summed E-state index contributed by atoms with van der Waals surface area (Å²) in [7, 11) is -4.33. The smallest absolute Gasteiger partial charge is 0.384 e. The number of aldehydes is 2. The van der Waals surface area contributed by atoms with E-state index in [1.165, 1.54) is 0 Å². The van der Waals surface area contributed by atoms with E-state index in [1.54, 1.807) is 0 Å². The molecule has 0 fully saturated rings. The van der Waals surface area contributed by atoms with Crippen LogP contribution in [-0.4, -0.2) is 43.5 Å². The number of ketones is 2. The van der Waals surface area contributed by atoms with Gasteiger partial charge in [-0.05, 0) is 0 Å². The maximum Gasteiger partial charge on any atom is 0.589 e. The standard InChI is InChI=1S/C9H11N2O8P/c10-5-18-20(16,19-6-11)17-4-7(9(15)3-13)1-8(14)2-12/h2-3,5-7,10-11H,1,4H2/t7-,20?/m1/s1. The van der Waals surface area contributed by atoms with E-state index in [0.717, 1.165) is 0 Å². The van der Waals surface area contributed by atoms with E-state index >= 15 is 0 Å². The second-order valence-corrected chi connectivity index (χ2v) is 4.77. The highest BCUT2D eigenvalue weighted by atomic mass is 31.2. The Morgan fingerprint density at radius 1 is 1.10 bits per heavy atom. The summed E-state index contributed by atoms with van der Waals surface area (Å²) in [4.78, 5) is 42.7. The molecule has 0 aromatic rings. The molecule has 0 bridgehead atoms. The minimum Gasteiger partial charge on any atom is -0.384 e. The molecule has 0 radical (unpaired) electrons. The fourth-order valence-corrected chi connectivity index (χ4v) is 1.82. The Morgan fingerprint density at radius 2 is 1.65 bits per heavy atom. The molecule has 0 aromatic carbocycles. The van der Waals surface area contributed by atoms with Crippen LogP contribution >= 0.6 is 7.82 Å². The number of phosphoric ester groups is 1. The molecule has 0 aliphatic heterocycles. The molecule has 0 amide bonds. The molecule has 0 unspecified atom stereocenters. The van der Waals surface area contributed by atoms with Crippen LogP contribution < -0.4 is 0 Å². The SMILES string of the molecule is N=COP(=O)(OC=N)OC[C@@H](CC(=O)C=O)C(=O)C=O. The molecular formula is C9H11N2O8P. The van der Waals surface area contributed by atoms with Crippen molar-refractivity contribution in [2.24, 2.45) is 5.92 Å². The van der Waals surface area contributed by atoms with Crippen LogP contribution in [0, 0.1) is 16.7 Å². The highest BCUT2D eigenvalue weighted by molar-refractivity contribution is 7.49. The lowest BCUT2D eigenvalue weighted by atomic mass is 10.00. The molecule has 0 aliphatic rings. The normalized spacial score (nSPS) is 14.2. The van der Waals surface area contributed by atoms with E-state index < -0.39 is 38.3 Å². The van der Waals surface area contributed by atoms with Crippen molar-refractivity contribution in [1.29, 1.82) is 10.8 Å². The first kappa shape index (κ1) is 17.8. The van der Waals surface area contributed by atoms with Gasteiger partial charge in [0.2, 0.25) is 5.78 Å². The highest BCUT2D eigenvalue weighted by Gasteiger charge is 2.32. The summed E-state index contributed by atoms with van der Waals surface area (Å²) >= 11 is 0. The number of hydrogen-bond acceptors (Lipinski definition) is 10. The Kier molecular flexibility index (Phi) is 7.87. The summed E-state index contributed by atoms with van der Waals surface area (Å²) in [6, 6.07) is 0. The van der Waals surface area contributed by atoms with E-state index in [4.69, 9.17) is 10.8 Å². The monoisotopic (exact) mass is 306 g/mol. The summed E-state index contributed by atoms with van der Waals surface area (Å²) in [6.07, 6.45) is -0.260. The van der Waals surface area contributed by atoms with Crippen LogP contribution in [-0.2, 0) is 37.3 Å². The van der Waals surface area contributed by atoms with E-state index in [0.29, 0.717) is 0 Å². The van der Waals surface area contributed by atoms with Crippen molar-refractivity contribution in [3.63, 3.8) is 0 Å². The van der Waals surface area contributed by atoms with Gasteiger partial charge in [0.05, 0.1) is 12.5 Å². The van der Waals surface area contributed by atoms with Crippen molar-refractivity contribution in [3.05, 3.63) is 0 Å². The van der Waals surface area contributed by atoms with Gasteiger partial charge < -0.3 is 9.05 Å². The van der Waals surface area contributed by atoms with Crippen molar-refractivity contribution in [2.75, 3.05) is 6.61 Å². The number of phosphoric acid groups is 1. The number of carbonyl (C=O) groups excluding carboxylic acids is 4. The second kappa shape index (κ2) is 8.83. The predicted molar refractivity (Wildman–Crippen MR) is 63.5 cm³/mol. The molecular weight excluding hydrogens is 295 g/mol. The van der Waals surface area contributed by atoms with Crippen LogP contribution in [0.5, 0.6) is 0 Å². The second-order valence-electron chi connectivity index (χ2n) is 3.19. The van der Waals surface area contributed by atoms with Gasteiger partial charge in [-0.15, -0.1) is 0 Å². The van der Waals surface area contributed by atoms with Crippen LogP contribution in [0.25, 0.3) is 0 Å². The van der Waals surface area contributed by atoms with Gasteiger partial charge in [0.1, 0.15) is 0 Å². The molecule has 0 aliphatic carbocycles. The first-order valence-corrected chi connectivity index (χ1v) is 6.44. The van der Waals surface area contributed by atoms with Gasteiger partial charge in [0.15, 0.2) is 31.2 Å². The van der Waals surface area contributed by atoms with E-state index in [2.05, 4.69) is 13.6 Å². The largest absolute Gasteiger partial charge is 0.589 e. The average molecular weight is 306 g/mol. The highest BCUT2D eigenvalue weighted by Crippen LogP contribution is 2.48. The maximum absolute atomic E-state index is 11.7. The first-order chi connectivity index (χ1) is 9.42. The van der Waals surface area contributed by atoms with Gasteiger partial charge in [0.25, 0.3) is 0 Å². The van der Waals surface area contributed by atoms with Gasteiger partial charge in [0, 0.05) is 6.42 Å². The molecule has 1 atom stereocenters. The third-order valence-corrected chi connectivity index (χ3v) is 3.09. The van der Waals surface area contributed by atoms with Gasteiger partial charge >= 0.3 is 7.82 Å². The van der Waals surface area contributed by atoms with Gasteiger partial charge in [-0.2, -0.15) is 0 Å². The summed E-state index contributed by atoms with van der Waals surface area (Å²) in [5, 5.41) is 13.2. The molecule has 10 nitrogen and oxygen atoms in total. The van der Waals surface area contributed by atoms with Crippen LogP contribution in [0.15, 0.2) is 0 Å². The number of rotatable bonds is 12. The molecule has 0 heterocycles. The van der Waals surface area contributed by atoms with Gasteiger partial charge in [-0.25, -0.2) is 4.57 Å². The Labute approximate surface area is 113 Å². The summed E-state index contributed by atoms with van der Waals surface area (Å²) < 4.78 is 24.7. The minimum atomic E-state index is -4.33. The number of Topliss-reactive ketones (excluding diaryl/α,β-unsaturated/α-hetero) is 2. The van der Waals surface area contributed by atoms with Crippen molar-refractivity contribution in [1.82, 2.24) is 0 Å². The molecule has 110 valence electrons. The molecule has 11 heteroatoms. The van der Waals surface area contributed by atoms with Crippen molar-refractivity contribution in [3.8, 4) is 0 Å². The lowest BCUT2D eigenvalue weighted by molar-refractivity contribution is -0.136. The van der Waals surface area contributed by atoms with Crippen LogP contribution in [0.1, 0.15) is 6.42 Å². The average Bonchev–Trinajstić information content (AvgIpc) is 2.42. The van der Waals surface area contributed by atoms with Crippen LogP contribution in [0.4, 0.5) is 0 Å². The zero-order chi connectivity index (χ0) is 15.6. The molecule has 2 N–H and O–H groups in total. The van der Waals surface area contributed by atoms with E-state index in [1.807, 2.05) is 0 Å². The molecule has 0 aromatic heterocycles. The lowest BCUT2D eigenvalue weighted by Gasteiger charge is -2.16. The molecule has 0 spiro atoms. The zero-order valence-electron chi connectivity index (χ0n) is 10.0. The fraction of sp³-hybridized carbons (Fsp3) is 0.333. The fourth-order valence-electron chi connectivity index (χ4n) is 1.02. The molecule has 20 heavy (non-hydrogen) atoms. The third kappa shape index (κ3) is 6.12. The lowest BCUT2D eigenvalue weighted by Crippen LogP contribution is -2.24. The zero-order valence-corrected chi connectivity index (χ0v) is 10.9. The van der Waals surface area contributed by atoms with Gasteiger partial charge in [-0.3, -0.25) is 34.5 Å². The summed E-state index contributed by atoms with van der Waals surface area (Å²) in [5.74, 6) is -3.34. The van der Waals surface area contributed by atoms with E-state index in [9.17, 15) is 23.7 Å². The topological polar surface area (TPSA) is 161 Å². The first-order valence-electron chi connectivity index (χ1n) is 4.98. The summed E-state index contributed by atoms with van der Waals surface area (Å²) in [6.45, 7) is -0.726. The predicted octanol–water partition coefficient (Wildman–Crippen LogP) is -0.0993. The van der Waals surface area contributed by atoms with Crippen molar-refractivity contribution < 1.29 is 37.3 Å². The Morgan fingerprint density at radius 3 is 2.05 bits per heavy atom. The van der Waals surface area contributed by atoms with Crippen LogP contribution in [0.3, 0.4) is 0 Å². The van der Waals surface area contributed by atoms with Gasteiger partial charge in [-0.1, -0.05) is 0 Å². The van der Waals surface area contributed by atoms with E-state index in [-0.39, 0.29) is 25.4 Å². The van der Waals surface area contributed by atoms with Crippen molar-refractivity contribution in [2.45, 2.75) is 6.42 Å². The quantitative estimate of drug-likeness (QED) is 0.166. The number of nitrogens with one attached hydrogen (secondary N) is 2.